The Labute approximate surface area is 122 Å². The lowest BCUT2D eigenvalue weighted by atomic mass is 10.2. The van der Waals surface area contributed by atoms with E-state index in [2.05, 4.69) is 31.6 Å². The first-order chi connectivity index (χ1) is 9.44. The molecule has 0 saturated carbocycles. The number of carboxylic acids is 1. The number of halogens is 1. The third-order valence-corrected chi connectivity index (χ3v) is 2.85. The summed E-state index contributed by atoms with van der Waals surface area (Å²) in [5.41, 5.74) is 1.46. The van der Waals surface area contributed by atoms with Crippen LogP contribution >= 0.6 is 15.9 Å². The molecule has 1 aromatic heterocycles. The van der Waals surface area contributed by atoms with Gasteiger partial charge in [0, 0.05) is 10.2 Å². The van der Waals surface area contributed by atoms with Crippen molar-refractivity contribution >= 4 is 33.5 Å². The second kappa shape index (κ2) is 5.83. The van der Waals surface area contributed by atoms with Crippen LogP contribution in [0.15, 0.2) is 28.9 Å². The van der Waals surface area contributed by atoms with E-state index in [4.69, 9.17) is 5.11 Å². The van der Waals surface area contributed by atoms with Crippen LogP contribution in [-0.4, -0.2) is 32.0 Å². The smallest absolute Gasteiger partial charge is 0.358 e. The average molecular weight is 339 g/mol. The minimum atomic E-state index is -1.18. The molecule has 0 radical (unpaired) electrons. The number of nitrogens with one attached hydrogen (secondary N) is 1. The molecule has 0 aliphatic carbocycles. The van der Waals surface area contributed by atoms with Crippen molar-refractivity contribution in [2.45, 2.75) is 13.5 Å². The van der Waals surface area contributed by atoms with Gasteiger partial charge < -0.3 is 10.4 Å². The molecule has 2 rings (SSSR count). The largest absolute Gasteiger partial charge is 0.476 e. The maximum atomic E-state index is 11.8. The number of carbonyl (C=O) groups is 2. The van der Waals surface area contributed by atoms with Crippen LogP contribution in [0.3, 0.4) is 0 Å². The summed E-state index contributed by atoms with van der Waals surface area (Å²) in [5.74, 6) is -1.50. The van der Waals surface area contributed by atoms with Gasteiger partial charge in [-0.2, -0.15) is 0 Å². The van der Waals surface area contributed by atoms with Gasteiger partial charge in [0.2, 0.25) is 5.91 Å². The molecule has 0 aliphatic heterocycles. The minimum absolute atomic E-state index is 0.105. The highest BCUT2D eigenvalue weighted by Gasteiger charge is 2.11. The fourth-order valence-corrected chi connectivity index (χ4v) is 2.24. The summed E-state index contributed by atoms with van der Waals surface area (Å²) in [6.45, 7) is 1.81. The highest BCUT2D eigenvalue weighted by molar-refractivity contribution is 9.10. The number of benzene rings is 1. The number of rotatable bonds is 4. The van der Waals surface area contributed by atoms with E-state index in [0.717, 1.165) is 10.0 Å². The number of carboxylic acid groups (broad SMARTS) is 1. The molecule has 0 bridgehead atoms. The van der Waals surface area contributed by atoms with Crippen LogP contribution in [0, 0.1) is 6.92 Å². The third kappa shape index (κ3) is 3.64. The van der Waals surface area contributed by atoms with Gasteiger partial charge >= 0.3 is 5.97 Å². The summed E-state index contributed by atoms with van der Waals surface area (Å²) in [6.07, 6.45) is 1.20. The van der Waals surface area contributed by atoms with Gasteiger partial charge in [0.1, 0.15) is 6.54 Å². The van der Waals surface area contributed by atoms with E-state index in [-0.39, 0.29) is 18.1 Å². The Morgan fingerprint density at radius 3 is 2.75 bits per heavy atom. The molecule has 0 spiro atoms. The number of carbonyl (C=O) groups excluding carboxylic acids is 1. The Morgan fingerprint density at radius 1 is 1.40 bits per heavy atom. The molecule has 2 aromatic rings. The Morgan fingerprint density at radius 2 is 2.15 bits per heavy atom. The van der Waals surface area contributed by atoms with Gasteiger partial charge in [-0.15, -0.1) is 5.10 Å². The summed E-state index contributed by atoms with van der Waals surface area (Å²) < 4.78 is 2.03. The molecule has 0 unspecified atom stereocenters. The molecule has 1 amide bonds. The van der Waals surface area contributed by atoms with Crippen molar-refractivity contribution in [3.05, 3.63) is 40.1 Å². The van der Waals surface area contributed by atoms with Gasteiger partial charge in [-0.1, -0.05) is 21.1 Å². The SMILES string of the molecule is Cc1cc(Br)cc(NC(=O)Cn2cc(C(=O)O)nn2)c1. The Bertz CT molecular complexity index is 648. The van der Waals surface area contributed by atoms with Crippen molar-refractivity contribution < 1.29 is 14.7 Å². The van der Waals surface area contributed by atoms with E-state index >= 15 is 0 Å². The predicted octanol–water partition coefficient (Wildman–Crippen LogP) is 1.69. The van der Waals surface area contributed by atoms with Crippen LogP contribution in [0.4, 0.5) is 5.69 Å². The lowest BCUT2D eigenvalue weighted by Crippen LogP contribution is -2.19. The molecule has 0 saturated heterocycles. The van der Waals surface area contributed by atoms with Crippen LogP contribution in [0.2, 0.25) is 0 Å². The topological polar surface area (TPSA) is 97.1 Å². The van der Waals surface area contributed by atoms with Crippen LogP contribution in [0.1, 0.15) is 16.1 Å². The lowest BCUT2D eigenvalue weighted by Gasteiger charge is -2.06. The van der Waals surface area contributed by atoms with Crippen molar-refractivity contribution in [2.24, 2.45) is 0 Å². The Kier molecular flexibility index (Phi) is 4.14. The zero-order chi connectivity index (χ0) is 14.7. The van der Waals surface area contributed by atoms with E-state index in [1.54, 1.807) is 6.07 Å². The van der Waals surface area contributed by atoms with Crippen molar-refractivity contribution in [3.63, 3.8) is 0 Å². The Hall–Kier alpha value is -2.22. The highest BCUT2D eigenvalue weighted by Crippen LogP contribution is 2.19. The number of aromatic carboxylic acids is 1. The monoisotopic (exact) mass is 338 g/mol. The standard InChI is InChI=1S/C12H11BrN4O3/c1-7-2-8(13)4-9(3-7)14-11(18)6-17-5-10(12(19)20)15-16-17/h2-5H,6H2,1H3,(H,14,18)(H,19,20). The lowest BCUT2D eigenvalue weighted by molar-refractivity contribution is -0.116. The van der Waals surface area contributed by atoms with Crippen LogP contribution in [0.5, 0.6) is 0 Å². The number of anilines is 1. The number of aromatic nitrogens is 3. The van der Waals surface area contributed by atoms with Crippen LogP contribution in [0.25, 0.3) is 0 Å². The van der Waals surface area contributed by atoms with Crippen molar-refractivity contribution in [3.8, 4) is 0 Å². The quantitative estimate of drug-likeness (QED) is 0.883. The summed E-state index contributed by atoms with van der Waals surface area (Å²) in [6, 6.07) is 5.52. The first-order valence-corrected chi connectivity index (χ1v) is 6.44. The average Bonchev–Trinajstić information content (AvgIpc) is 2.75. The molecule has 8 heteroatoms. The van der Waals surface area contributed by atoms with Gasteiger partial charge in [-0.05, 0) is 30.7 Å². The zero-order valence-electron chi connectivity index (χ0n) is 10.5. The van der Waals surface area contributed by atoms with Crippen molar-refractivity contribution in [2.75, 3.05) is 5.32 Å². The van der Waals surface area contributed by atoms with Gasteiger partial charge in [-0.3, -0.25) is 4.79 Å². The summed E-state index contributed by atoms with van der Waals surface area (Å²) >= 11 is 3.34. The molecule has 104 valence electrons. The fourth-order valence-electron chi connectivity index (χ4n) is 1.63. The zero-order valence-corrected chi connectivity index (χ0v) is 12.1. The first-order valence-electron chi connectivity index (χ1n) is 5.64. The van der Waals surface area contributed by atoms with Gasteiger partial charge in [0.05, 0.1) is 6.20 Å². The minimum Gasteiger partial charge on any atom is -0.476 e. The van der Waals surface area contributed by atoms with Crippen molar-refractivity contribution in [1.29, 1.82) is 0 Å². The normalized spacial score (nSPS) is 10.3. The molecule has 2 N–H and O–H groups in total. The summed E-state index contributed by atoms with van der Waals surface area (Å²) in [5, 5.41) is 18.4. The molecule has 1 heterocycles. The summed E-state index contributed by atoms with van der Waals surface area (Å²) in [7, 11) is 0. The fraction of sp³-hybridized carbons (Fsp3) is 0.167. The summed E-state index contributed by atoms with van der Waals surface area (Å²) in [4.78, 5) is 22.5. The molecule has 0 atom stereocenters. The molecule has 0 fully saturated rings. The highest BCUT2D eigenvalue weighted by atomic mass is 79.9. The predicted molar refractivity (Wildman–Crippen MR) is 74.5 cm³/mol. The number of hydrogen-bond acceptors (Lipinski definition) is 4. The Balaban J connectivity index is 2.03. The second-order valence-electron chi connectivity index (χ2n) is 4.17. The van der Waals surface area contributed by atoms with E-state index in [9.17, 15) is 9.59 Å². The number of aryl methyl sites for hydroxylation is 1. The molecule has 7 nitrogen and oxygen atoms in total. The number of amides is 1. The molecular formula is C12H11BrN4O3. The second-order valence-corrected chi connectivity index (χ2v) is 5.09. The number of hydrogen-bond donors (Lipinski definition) is 2. The number of nitrogens with zero attached hydrogens (tertiary/aromatic N) is 3. The molecular weight excluding hydrogens is 328 g/mol. The van der Waals surface area contributed by atoms with Gasteiger partial charge in [0.15, 0.2) is 5.69 Å². The van der Waals surface area contributed by atoms with E-state index in [1.807, 2.05) is 19.1 Å². The van der Waals surface area contributed by atoms with Crippen molar-refractivity contribution in [1.82, 2.24) is 15.0 Å². The molecule has 0 aliphatic rings. The first kappa shape index (κ1) is 14.2. The maximum absolute atomic E-state index is 11.8. The van der Waals surface area contributed by atoms with E-state index in [1.165, 1.54) is 10.9 Å². The van der Waals surface area contributed by atoms with E-state index < -0.39 is 5.97 Å². The van der Waals surface area contributed by atoms with Crippen LogP contribution < -0.4 is 5.32 Å². The third-order valence-electron chi connectivity index (χ3n) is 2.39. The molecule has 1 aromatic carbocycles. The molecule has 20 heavy (non-hydrogen) atoms. The van der Waals surface area contributed by atoms with Crippen LogP contribution in [-0.2, 0) is 11.3 Å². The van der Waals surface area contributed by atoms with Gasteiger partial charge in [-0.25, -0.2) is 9.48 Å². The van der Waals surface area contributed by atoms with E-state index in [0.29, 0.717) is 5.69 Å². The van der Waals surface area contributed by atoms with Gasteiger partial charge in [0.25, 0.3) is 0 Å². The maximum Gasteiger partial charge on any atom is 0.358 e.